The summed E-state index contributed by atoms with van der Waals surface area (Å²) in [5, 5.41) is 18.1. The second-order valence-electron chi connectivity index (χ2n) is 3.16. The fourth-order valence-corrected chi connectivity index (χ4v) is 1.14. The van der Waals surface area contributed by atoms with Crippen LogP contribution in [0.4, 0.5) is 5.69 Å². The number of aryl methyl sites for hydroxylation is 1. The summed E-state index contributed by atoms with van der Waals surface area (Å²) in [6, 6.07) is 4.85. The Balaban J connectivity index is 0. The van der Waals surface area contributed by atoms with E-state index in [1.54, 1.807) is 12.1 Å². The Labute approximate surface area is 132 Å². The van der Waals surface area contributed by atoms with Crippen LogP contribution >= 0.6 is 0 Å². The van der Waals surface area contributed by atoms with Crippen LogP contribution in [0.3, 0.4) is 0 Å². The van der Waals surface area contributed by atoms with Gasteiger partial charge in [0.05, 0.1) is 0 Å². The first-order valence-corrected chi connectivity index (χ1v) is 5.22. The van der Waals surface area contributed by atoms with E-state index in [9.17, 15) is 9.90 Å². The van der Waals surface area contributed by atoms with Crippen molar-refractivity contribution in [1.29, 1.82) is 0 Å². The molecule has 0 bridgehead atoms. The fourth-order valence-electron chi connectivity index (χ4n) is 1.14. The Morgan fingerprint density at radius 3 is 2.11 bits per heavy atom. The van der Waals surface area contributed by atoms with Crippen LogP contribution in [0.2, 0.25) is 0 Å². The van der Waals surface area contributed by atoms with Gasteiger partial charge in [0.15, 0.2) is 11.5 Å². The number of carbonyl (C=O) groups is 1. The van der Waals surface area contributed by atoms with Gasteiger partial charge in [0.2, 0.25) is 0 Å². The molecule has 0 atom stereocenters. The standard InChI is InChI=1S/C10H12N2O3.C2H6.Y/c1-5-2-3-6(7(11)4-5)9(13)8(12)10(14)15;1-2;/h2-4,13H,11-12H2,1H3,(H,14,15);1-2H3;/b9-8+;;. The van der Waals surface area contributed by atoms with Crippen molar-refractivity contribution >= 4 is 17.4 Å². The van der Waals surface area contributed by atoms with Crippen LogP contribution in [0.5, 0.6) is 0 Å². The van der Waals surface area contributed by atoms with Gasteiger partial charge in [0.25, 0.3) is 0 Å². The smallest absolute Gasteiger partial charge is 0.355 e. The van der Waals surface area contributed by atoms with Gasteiger partial charge in [-0.05, 0) is 24.6 Å². The predicted molar refractivity (Wildman–Crippen MR) is 68.3 cm³/mol. The van der Waals surface area contributed by atoms with Gasteiger partial charge < -0.3 is 21.7 Å². The molecular weight excluding hydrogens is 309 g/mol. The van der Waals surface area contributed by atoms with Crippen LogP contribution < -0.4 is 11.5 Å². The molecule has 0 aromatic heterocycles. The largest absolute Gasteiger partial charge is 0.505 e. The number of carboxylic acids is 1. The molecule has 97 valence electrons. The van der Waals surface area contributed by atoms with Gasteiger partial charge in [-0.1, -0.05) is 19.9 Å². The van der Waals surface area contributed by atoms with E-state index in [-0.39, 0.29) is 44.0 Å². The topological polar surface area (TPSA) is 110 Å². The molecule has 0 amide bonds. The zero-order valence-corrected chi connectivity index (χ0v) is 13.6. The van der Waals surface area contributed by atoms with Crippen molar-refractivity contribution in [1.82, 2.24) is 0 Å². The maximum absolute atomic E-state index is 10.5. The quantitative estimate of drug-likeness (QED) is 0.377. The Hall–Kier alpha value is -1.07. The molecule has 1 rings (SSSR count). The van der Waals surface area contributed by atoms with Crippen molar-refractivity contribution in [2.75, 3.05) is 5.73 Å². The van der Waals surface area contributed by atoms with Gasteiger partial charge in [0, 0.05) is 44.0 Å². The second-order valence-corrected chi connectivity index (χ2v) is 3.16. The van der Waals surface area contributed by atoms with Gasteiger partial charge in [0.1, 0.15) is 0 Å². The number of nitrogens with two attached hydrogens (primary N) is 2. The molecule has 0 aliphatic carbocycles. The molecule has 0 aliphatic rings. The van der Waals surface area contributed by atoms with Crippen LogP contribution in [0.1, 0.15) is 25.0 Å². The van der Waals surface area contributed by atoms with Gasteiger partial charge >= 0.3 is 5.97 Å². The number of hydrogen-bond acceptors (Lipinski definition) is 4. The monoisotopic (exact) mass is 327 g/mol. The number of rotatable bonds is 2. The molecule has 1 aromatic rings. The van der Waals surface area contributed by atoms with Crippen LogP contribution in [-0.4, -0.2) is 16.2 Å². The van der Waals surface area contributed by atoms with E-state index >= 15 is 0 Å². The Kier molecular flexibility index (Phi) is 9.58. The average molecular weight is 327 g/mol. The number of carboxylic acid groups (broad SMARTS) is 1. The molecule has 0 saturated heterocycles. The molecule has 6 N–H and O–H groups in total. The SMILES string of the molecule is CC.Cc1ccc(/C(O)=C(\N)C(=O)O)c(N)c1.[Y]. The fraction of sp³-hybridized carbons (Fsp3) is 0.250. The molecule has 0 unspecified atom stereocenters. The third kappa shape index (κ3) is 5.06. The molecule has 6 heteroatoms. The molecule has 1 radical (unpaired) electrons. The molecule has 0 spiro atoms. The summed E-state index contributed by atoms with van der Waals surface area (Å²) in [5.41, 5.74) is 11.6. The first kappa shape index (κ1) is 19.3. The van der Waals surface area contributed by atoms with Crippen LogP contribution in [0.15, 0.2) is 23.9 Å². The number of aliphatic hydroxyl groups excluding tert-OH is 1. The number of aliphatic hydroxyl groups is 1. The number of anilines is 1. The molecular formula is C12H18N2O3Y. The van der Waals surface area contributed by atoms with Gasteiger partial charge in [-0.25, -0.2) is 4.79 Å². The van der Waals surface area contributed by atoms with E-state index in [1.807, 2.05) is 20.8 Å². The number of nitrogen functional groups attached to an aromatic ring is 1. The van der Waals surface area contributed by atoms with E-state index in [0.29, 0.717) is 0 Å². The zero-order valence-electron chi connectivity index (χ0n) is 10.8. The van der Waals surface area contributed by atoms with E-state index in [2.05, 4.69) is 0 Å². The van der Waals surface area contributed by atoms with Gasteiger partial charge in [-0.3, -0.25) is 0 Å². The summed E-state index contributed by atoms with van der Waals surface area (Å²) < 4.78 is 0. The minimum Gasteiger partial charge on any atom is -0.505 e. The summed E-state index contributed by atoms with van der Waals surface area (Å²) >= 11 is 0. The number of hydrogen-bond donors (Lipinski definition) is 4. The van der Waals surface area contributed by atoms with E-state index in [4.69, 9.17) is 16.6 Å². The summed E-state index contributed by atoms with van der Waals surface area (Å²) in [6.45, 7) is 5.83. The number of benzene rings is 1. The predicted octanol–water partition coefficient (Wildman–Crippen LogP) is 1.87. The minimum absolute atomic E-state index is 0. The zero-order chi connectivity index (χ0) is 13.6. The second kappa shape index (κ2) is 8.94. The van der Waals surface area contributed by atoms with E-state index < -0.39 is 17.4 Å². The first-order chi connectivity index (χ1) is 7.93. The van der Waals surface area contributed by atoms with E-state index in [1.165, 1.54) is 6.07 Å². The van der Waals surface area contributed by atoms with Crippen LogP contribution in [-0.2, 0) is 37.5 Å². The Morgan fingerprint density at radius 1 is 1.22 bits per heavy atom. The molecule has 0 saturated carbocycles. The molecule has 0 heterocycles. The minimum atomic E-state index is -1.38. The maximum Gasteiger partial charge on any atom is 0.355 e. The van der Waals surface area contributed by atoms with E-state index in [0.717, 1.165) is 5.56 Å². The molecule has 18 heavy (non-hydrogen) atoms. The summed E-state index contributed by atoms with van der Waals surface area (Å²) in [7, 11) is 0. The molecule has 0 fully saturated rings. The van der Waals surface area contributed by atoms with Gasteiger partial charge in [-0.15, -0.1) is 0 Å². The van der Waals surface area contributed by atoms with Crippen molar-refractivity contribution in [2.45, 2.75) is 20.8 Å². The summed E-state index contributed by atoms with van der Waals surface area (Å²) in [6.07, 6.45) is 0. The average Bonchev–Trinajstić information content (AvgIpc) is 2.29. The third-order valence-electron chi connectivity index (χ3n) is 1.95. The Bertz CT molecular complexity index is 445. The summed E-state index contributed by atoms with van der Waals surface area (Å²) in [4.78, 5) is 10.5. The summed E-state index contributed by atoms with van der Waals surface area (Å²) in [5.74, 6) is -1.90. The van der Waals surface area contributed by atoms with Crippen molar-refractivity contribution in [2.24, 2.45) is 5.73 Å². The normalized spacial score (nSPS) is 10.4. The third-order valence-corrected chi connectivity index (χ3v) is 1.95. The Morgan fingerprint density at radius 2 is 1.72 bits per heavy atom. The van der Waals surface area contributed by atoms with Gasteiger partial charge in [-0.2, -0.15) is 0 Å². The maximum atomic E-state index is 10.5. The van der Waals surface area contributed by atoms with Crippen molar-refractivity contribution in [3.05, 3.63) is 35.0 Å². The van der Waals surface area contributed by atoms with Crippen LogP contribution in [0.25, 0.3) is 5.76 Å². The molecule has 0 aliphatic heterocycles. The molecule has 5 nitrogen and oxygen atoms in total. The van der Waals surface area contributed by atoms with Crippen molar-refractivity contribution in [3.8, 4) is 0 Å². The van der Waals surface area contributed by atoms with Crippen LogP contribution in [0, 0.1) is 6.92 Å². The number of aliphatic carboxylic acids is 1. The first-order valence-electron chi connectivity index (χ1n) is 5.22. The van der Waals surface area contributed by atoms with Crippen molar-refractivity contribution < 1.29 is 47.7 Å². The van der Waals surface area contributed by atoms with Crippen molar-refractivity contribution in [3.63, 3.8) is 0 Å². The molecule has 1 aromatic carbocycles.